The second kappa shape index (κ2) is 6.12. The van der Waals surface area contributed by atoms with Gasteiger partial charge >= 0.3 is 0 Å². The van der Waals surface area contributed by atoms with Crippen molar-refractivity contribution in [2.75, 3.05) is 0 Å². The SMILES string of the molecule is CC(c1cccc2cccnc12)n1nnc2ccn(-c3cnn(C)c3)c(=O)c21. The minimum absolute atomic E-state index is 0.185. The van der Waals surface area contributed by atoms with Crippen molar-refractivity contribution in [1.82, 2.24) is 34.3 Å². The van der Waals surface area contributed by atoms with E-state index in [2.05, 4.69) is 20.4 Å². The Bertz CT molecular complexity index is 1370. The summed E-state index contributed by atoms with van der Waals surface area (Å²) in [6, 6.07) is 11.5. The Hall–Kier alpha value is -3.81. The molecule has 0 radical (unpaired) electrons. The second-order valence-corrected chi connectivity index (χ2v) is 6.73. The molecule has 5 aromatic rings. The van der Waals surface area contributed by atoms with Gasteiger partial charge in [-0.3, -0.25) is 19.0 Å². The zero-order chi connectivity index (χ0) is 19.3. The first-order valence-corrected chi connectivity index (χ1v) is 8.93. The fourth-order valence-corrected chi connectivity index (χ4v) is 3.56. The molecule has 0 aliphatic heterocycles. The molecule has 0 spiro atoms. The first-order valence-electron chi connectivity index (χ1n) is 8.93. The molecule has 0 aliphatic rings. The summed E-state index contributed by atoms with van der Waals surface area (Å²) >= 11 is 0. The summed E-state index contributed by atoms with van der Waals surface area (Å²) in [6.07, 6.45) is 6.91. The highest BCUT2D eigenvalue weighted by atomic mass is 16.1. The van der Waals surface area contributed by atoms with Crippen LogP contribution in [0, 0.1) is 0 Å². The molecule has 5 rings (SSSR count). The minimum atomic E-state index is -0.207. The Morgan fingerprint density at radius 1 is 1.11 bits per heavy atom. The third-order valence-electron chi connectivity index (χ3n) is 4.97. The van der Waals surface area contributed by atoms with Crippen LogP contribution in [-0.4, -0.2) is 34.3 Å². The van der Waals surface area contributed by atoms with Crippen LogP contribution in [0.1, 0.15) is 18.5 Å². The molecule has 8 heteroatoms. The summed E-state index contributed by atoms with van der Waals surface area (Å²) in [7, 11) is 1.81. The Kier molecular flexibility index (Phi) is 3.58. The predicted molar refractivity (Wildman–Crippen MR) is 105 cm³/mol. The number of para-hydroxylation sites is 1. The Balaban J connectivity index is 1.72. The standard InChI is InChI=1S/C20H17N7O/c1-13(16-7-3-5-14-6-4-9-21-18(14)16)27-19-17(23-24-27)8-10-26(20(19)28)15-11-22-25(2)12-15/h3-13H,1-2H3. The van der Waals surface area contributed by atoms with Gasteiger partial charge in [0.05, 0.1) is 23.4 Å². The van der Waals surface area contributed by atoms with Crippen molar-refractivity contribution < 1.29 is 0 Å². The van der Waals surface area contributed by atoms with Crippen molar-refractivity contribution in [2.24, 2.45) is 7.05 Å². The predicted octanol–water partition coefficient (Wildman–Crippen LogP) is 2.47. The lowest BCUT2D eigenvalue weighted by atomic mass is 10.0. The summed E-state index contributed by atoms with van der Waals surface area (Å²) in [5.74, 6) is 0. The fourth-order valence-electron chi connectivity index (χ4n) is 3.56. The summed E-state index contributed by atoms with van der Waals surface area (Å²) in [4.78, 5) is 17.8. The largest absolute Gasteiger partial charge is 0.283 e. The van der Waals surface area contributed by atoms with Crippen molar-refractivity contribution >= 4 is 21.9 Å². The van der Waals surface area contributed by atoms with Gasteiger partial charge in [0.25, 0.3) is 5.56 Å². The average Bonchev–Trinajstić information content (AvgIpc) is 3.34. The molecule has 0 saturated heterocycles. The van der Waals surface area contributed by atoms with E-state index in [0.29, 0.717) is 16.7 Å². The number of nitrogens with zero attached hydrogens (tertiary/aromatic N) is 7. The van der Waals surface area contributed by atoms with Crippen molar-refractivity contribution in [3.8, 4) is 5.69 Å². The molecule has 1 atom stereocenters. The number of hydrogen-bond donors (Lipinski definition) is 0. The number of rotatable bonds is 3. The van der Waals surface area contributed by atoms with Crippen LogP contribution in [0.4, 0.5) is 0 Å². The molecule has 4 aromatic heterocycles. The highest BCUT2D eigenvalue weighted by molar-refractivity contribution is 5.82. The third kappa shape index (κ3) is 2.42. The van der Waals surface area contributed by atoms with E-state index in [-0.39, 0.29) is 11.6 Å². The lowest BCUT2D eigenvalue weighted by Crippen LogP contribution is -2.21. The van der Waals surface area contributed by atoms with Gasteiger partial charge < -0.3 is 0 Å². The molecule has 0 bridgehead atoms. The molecule has 0 saturated carbocycles. The normalized spacial score (nSPS) is 12.6. The van der Waals surface area contributed by atoms with Crippen LogP contribution in [-0.2, 0) is 7.05 Å². The maximum absolute atomic E-state index is 13.2. The van der Waals surface area contributed by atoms with Gasteiger partial charge in [-0.2, -0.15) is 5.10 Å². The van der Waals surface area contributed by atoms with Gasteiger partial charge in [0.1, 0.15) is 5.52 Å². The number of benzene rings is 1. The Morgan fingerprint density at radius 2 is 1.96 bits per heavy atom. The van der Waals surface area contributed by atoms with E-state index in [4.69, 9.17) is 0 Å². The molecule has 1 aromatic carbocycles. The van der Waals surface area contributed by atoms with Gasteiger partial charge in [-0.25, -0.2) is 4.68 Å². The molecule has 1 unspecified atom stereocenters. The van der Waals surface area contributed by atoms with Crippen molar-refractivity contribution in [3.63, 3.8) is 0 Å². The summed E-state index contributed by atoms with van der Waals surface area (Å²) in [5.41, 5.74) is 3.40. The number of fused-ring (bicyclic) bond motifs is 2. The van der Waals surface area contributed by atoms with Gasteiger partial charge in [-0.05, 0) is 19.1 Å². The maximum Gasteiger partial charge on any atom is 0.283 e. The van der Waals surface area contributed by atoms with Crippen molar-refractivity contribution in [3.05, 3.63) is 77.1 Å². The van der Waals surface area contributed by atoms with Crippen LogP contribution in [0.15, 0.2) is 66.0 Å². The number of aryl methyl sites for hydroxylation is 1. The van der Waals surface area contributed by atoms with Gasteiger partial charge in [0.2, 0.25) is 0 Å². The summed E-state index contributed by atoms with van der Waals surface area (Å²) in [6.45, 7) is 2.00. The van der Waals surface area contributed by atoms with Crippen molar-refractivity contribution in [2.45, 2.75) is 13.0 Å². The van der Waals surface area contributed by atoms with Crippen LogP contribution in [0.3, 0.4) is 0 Å². The van der Waals surface area contributed by atoms with Gasteiger partial charge in [0.15, 0.2) is 5.52 Å². The monoisotopic (exact) mass is 371 g/mol. The Morgan fingerprint density at radius 3 is 2.79 bits per heavy atom. The summed E-state index contributed by atoms with van der Waals surface area (Å²) in [5, 5.41) is 13.7. The molecule has 0 fully saturated rings. The van der Waals surface area contributed by atoms with E-state index in [1.807, 2.05) is 44.3 Å². The minimum Gasteiger partial charge on any atom is -0.279 e. The van der Waals surface area contributed by atoms with E-state index in [1.165, 1.54) is 0 Å². The molecule has 138 valence electrons. The molecular formula is C20H17N7O. The molecule has 0 N–H and O–H groups in total. The fraction of sp³-hybridized carbons (Fsp3) is 0.150. The van der Waals surface area contributed by atoms with Crippen LogP contribution >= 0.6 is 0 Å². The van der Waals surface area contributed by atoms with Gasteiger partial charge in [-0.1, -0.05) is 29.5 Å². The van der Waals surface area contributed by atoms with E-state index < -0.39 is 0 Å². The van der Waals surface area contributed by atoms with Gasteiger partial charge in [-0.15, -0.1) is 5.10 Å². The molecular weight excluding hydrogens is 354 g/mol. The topological polar surface area (TPSA) is 83.4 Å². The van der Waals surface area contributed by atoms with E-state index >= 15 is 0 Å². The third-order valence-corrected chi connectivity index (χ3v) is 4.97. The lowest BCUT2D eigenvalue weighted by Gasteiger charge is -2.15. The molecule has 4 heterocycles. The van der Waals surface area contributed by atoms with Crippen LogP contribution in [0.5, 0.6) is 0 Å². The highest BCUT2D eigenvalue weighted by Crippen LogP contribution is 2.26. The smallest absolute Gasteiger partial charge is 0.279 e. The lowest BCUT2D eigenvalue weighted by molar-refractivity contribution is 0.560. The Labute approximate surface area is 159 Å². The quantitative estimate of drug-likeness (QED) is 0.486. The number of aromatic nitrogens is 7. The van der Waals surface area contributed by atoms with Crippen LogP contribution in [0.2, 0.25) is 0 Å². The first-order chi connectivity index (χ1) is 13.6. The zero-order valence-electron chi connectivity index (χ0n) is 15.4. The molecule has 0 amide bonds. The van der Waals surface area contributed by atoms with E-state index in [9.17, 15) is 4.79 Å². The second-order valence-electron chi connectivity index (χ2n) is 6.73. The average molecular weight is 371 g/mol. The van der Waals surface area contributed by atoms with E-state index in [1.54, 1.807) is 44.8 Å². The first kappa shape index (κ1) is 16.4. The number of hydrogen-bond acceptors (Lipinski definition) is 5. The molecule has 8 nitrogen and oxygen atoms in total. The molecule has 28 heavy (non-hydrogen) atoms. The molecule has 0 aliphatic carbocycles. The van der Waals surface area contributed by atoms with E-state index in [0.717, 1.165) is 16.5 Å². The van der Waals surface area contributed by atoms with Crippen molar-refractivity contribution in [1.29, 1.82) is 0 Å². The zero-order valence-corrected chi connectivity index (χ0v) is 15.4. The van der Waals surface area contributed by atoms with Gasteiger partial charge in [0, 0.05) is 36.6 Å². The van der Waals surface area contributed by atoms with Crippen LogP contribution in [0.25, 0.3) is 27.6 Å². The highest BCUT2D eigenvalue weighted by Gasteiger charge is 2.19. The van der Waals surface area contributed by atoms with Crippen LogP contribution < -0.4 is 5.56 Å². The maximum atomic E-state index is 13.2. The number of pyridine rings is 2. The summed E-state index contributed by atoms with van der Waals surface area (Å²) < 4.78 is 4.89.